The van der Waals surface area contributed by atoms with Gasteiger partial charge in [0.2, 0.25) is 0 Å². The fraction of sp³-hybridized carbons (Fsp3) is 0.400. The third-order valence-electron chi connectivity index (χ3n) is 3.52. The molecule has 1 aromatic carbocycles. The maximum Gasteiger partial charge on any atom is 0.107 e. The number of aryl methyl sites for hydroxylation is 1. The fourth-order valence-corrected chi connectivity index (χ4v) is 3.30. The number of nitrogens with zero attached hydrogens (tertiary/aromatic N) is 3. The number of para-hydroxylation sites is 1. The van der Waals surface area contributed by atoms with E-state index in [1.54, 1.807) is 0 Å². The average Bonchev–Trinajstić information content (AvgIpc) is 2.86. The summed E-state index contributed by atoms with van der Waals surface area (Å²) in [6.45, 7) is 7.57. The summed E-state index contributed by atoms with van der Waals surface area (Å²) < 4.78 is 0. The maximum absolute atomic E-state index is 4.45. The van der Waals surface area contributed by atoms with E-state index >= 15 is 0 Å². The number of benzene rings is 1. The van der Waals surface area contributed by atoms with Crippen LogP contribution in [0.2, 0.25) is 0 Å². The maximum atomic E-state index is 4.45. The number of piperazine rings is 1. The Morgan fingerprint density at radius 2 is 1.84 bits per heavy atom. The molecule has 0 spiro atoms. The van der Waals surface area contributed by atoms with Crippen molar-refractivity contribution >= 4 is 17.0 Å². The fourth-order valence-electron chi connectivity index (χ4n) is 2.47. The summed E-state index contributed by atoms with van der Waals surface area (Å²) in [6.07, 6.45) is 1.97. The van der Waals surface area contributed by atoms with Gasteiger partial charge in [0.1, 0.15) is 5.01 Å². The minimum Gasteiger partial charge on any atom is -0.369 e. The van der Waals surface area contributed by atoms with E-state index in [0.717, 1.165) is 32.7 Å². The first-order chi connectivity index (χ1) is 9.31. The molecule has 3 nitrogen and oxygen atoms in total. The molecule has 2 heterocycles. The molecular weight excluding hydrogens is 254 g/mol. The molecule has 1 fully saturated rings. The van der Waals surface area contributed by atoms with Gasteiger partial charge in [-0.15, -0.1) is 11.3 Å². The highest BCUT2D eigenvalue weighted by molar-refractivity contribution is 7.11. The molecule has 0 radical (unpaired) electrons. The monoisotopic (exact) mass is 273 g/mol. The van der Waals surface area contributed by atoms with E-state index in [1.807, 2.05) is 17.5 Å². The van der Waals surface area contributed by atoms with Gasteiger partial charge in [-0.25, -0.2) is 4.98 Å². The normalized spacial score (nSPS) is 16.8. The molecule has 0 saturated carbocycles. The largest absolute Gasteiger partial charge is 0.369 e. The molecule has 0 aliphatic carbocycles. The third-order valence-corrected chi connectivity index (χ3v) is 4.42. The van der Waals surface area contributed by atoms with Crippen LogP contribution in [0.1, 0.15) is 9.88 Å². The van der Waals surface area contributed by atoms with Gasteiger partial charge in [-0.1, -0.05) is 18.2 Å². The zero-order valence-electron chi connectivity index (χ0n) is 11.2. The Morgan fingerprint density at radius 1 is 1.11 bits per heavy atom. The van der Waals surface area contributed by atoms with Gasteiger partial charge in [-0.2, -0.15) is 0 Å². The first-order valence-corrected chi connectivity index (χ1v) is 7.56. The Kier molecular flexibility index (Phi) is 3.80. The Bertz CT molecular complexity index is 515. The highest BCUT2D eigenvalue weighted by Crippen LogP contribution is 2.18. The lowest BCUT2D eigenvalue weighted by atomic mass is 10.2. The Balaban J connectivity index is 1.55. The molecule has 2 aromatic rings. The van der Waals surface area contributed by atoms with Crippen molar-refractivity contribution in [1.29, 1.82) is 0 Å². The SMILES string of the molecule is Cc1cnc(CN2CCN(c3ccccc3)CC2)s1. The Labute approximate surface area is 118 Å². The molecule has 1 aliphatic heterocycles. The Morgan fingerprint density at radius 3 is 2.47 bits per heavy atom. The lowest BCUT2D eigenvalue weighted by Gasteiger charge is -2.35. The topological polar surface area (TPSA) is 19.4 Å². The van der Waals surface area contributed by atoms with Crippen LogP contribution < -0.4 is 4.90 Å². The summed E-state index contributed by atoms with van der Waals surface area (Å²) in [5.41, 5.74) is 1.34. The molecule has 3 rings (SSSR count). The number of hydrogen-bond acceptors (Lipinski definition) is 4. The van der Waals surface area contributed by atoms with Crippen LogP contribution >= 0.6 is 11.3 Å². The highest BCUT2D eigenvalue weighted by Gasteiger charge is 2.17. The van der Waals surface area contributed by atoms with E-state index < -0.39 is 0 Å². The first-order valence-electron chi connectivity index (χ1n) is 6.75. The zero-order valence-corrected chi connectivity index (χ0v) is 12.1. The molecule has 0 atom stereocenters. The van der Waals surface area contributed by atoms with E-state index in [-0.39, 0.29) is 0 Å². The zero-order chi connectivity index (χ0) is 13.1. The van der Waals surface area contributed by atoms with Crippen LogP contribution in [-0.2, 0) is 6.54 Å². The minimum absolute atomic E-state index is 1.00. The van der Waals surface area contributed by atoms with Crippen molar-refractivity contribution in [2.75, 3.05) is 31.1 Å². The van der Waals surface area contributed by atoms with E-state index in [9.17, 15) is 0 Å². The summed E-state index contributed by atoms with van der Waals surface area (Å²) in [5, 5.41) is 1.24. The minimum atomic E-state index is 1.00. The van der Waals surface area contributed by atoms with Crippen LogP contribution in [0.3, 0.4) is 0 Å². The second kappa shape index (κ2) is 5.72. The predicted octanol–water partition coefficient (Wildman–Crippen LogP) is 2.77. The predicted molar refractivity (Wildman–Crippen MR) is 80.8 cm³/mol. The van der Waals surface area contributed by atoms with E-state index in [0.29, 0.717) is 0 Å². The second-order valence-electron chi connectivity index (χ2n) is 4.96. The van der Waals surface area contributed by atoms with Gasteiger partial charge in [0, 0.05) is 42.9 Å². The van der Waals surface area contributed by atoms with Crippen molar-refractivity contribution in [2.24, 2.45) is 0 Å². The molecule has 1 aromatic heterocycles. The molecule has 4 heteroatoms. The van der Waals surface area contributed by atoms with Gasteiger partial charge in [0.15, 0.2) is 0 Å². The van der Waals surface area contributed by atoms with E-state index in [1.165, 1.54) is 15.6 Å². The van der Waals surface area contributed by atoms with Crippen molar-refractivity contribution in [3.05, 3.63) is 46.4 Å². The first kappa shape index (κ1) is 12.6. The molecule has 1 saturated heterocycles. The number of hydrogen-bond donors (Lipinski definition) is 0. The van der Waals surface area contributed by atoms with Crippen molar-refractivity contribution in [3.8, 4) is 0 Å². The molecular formula is C15H19N3S. The number of rotatable bonds is 3. The number of aromatic nitrogens is 1. The molecule has 100 valence electrons. The van der Waals surface area contributed by atoms with Gasteiger partial charge in [0.05, 0.1) is 6.54 Å². The van der Waals surface area contributed by atoms with Crippen molar-refractivity contribution < 1.29 is 0 Å². The van der Waals surface area contributed by atoms with Crippen molar-refractivity contribution in [2.45, 2.75) is 13.5 Å². The van der Waals surface area contributed by atoms with Crippen LogP contribution in [0.15, 0.2) is 36.5 Å². The molecule has 19 heavy (non-hydrogen) atoms. The highest BCUT2D eigenvalue weighted by atomic mass is 32.1. The smallest absolute Gasteiger partial charge is 0.107 e. The summed E-state index contributed by atoms with van der Waals surface area (Å²) in [4.78, 5) is 10.7. The third kappa shape index (κ3) is 3.14. The quantitative estimate of drug-likeness (QED) is 0.857. The summed E-state index contributed by atoms with van der Waals surface area (Å²) in [5.74, 6) is 0. The lowest BCUT2D eigenvalue weighted by molar-refractivity contribution is 0.249. The van der Waals surface area contributed by atoms with E-state index in [2.05, 4.69) is 52.0 Å². The Hall–Kier alpha value is -1.39. The van der Waals surface area contributed by atoms with Gasteiger partial charge < -0.3 is 4.90 Å². The molecule has 0 unspecified atom stereocenters. The lowest BCUT2D eigenvalue weighted by Crippen LogP contribution is -2.45. The van der Waals surface area contributed by atoms with Crippen LogP contribution in [0, 0.1) is 6.92 Å². The van der Waals surface area contributed by atoms with E-state index in [4.69, 9.17) is 0 Å². The average molecular weight is 273 g/mol. The van der Waals surface area contributed by atoms with Gasteiger partial charge in [-0.3, -0.25) is 4.90 Å². The summed E-state index contributed by atoms with van der Waals surface area (Å²) in [6, 6.07) is 10.7. The van der Waals surface area contributed by atoms with Gasteiger partial charge >= 0.3 is 0 Å². The van der Waals surface area contributed by atoms with Crippen LogP contribution in [0.5, 0.6) is 0 Å². The van der Waals surface area contributed by atoms with Crippen molar-refractivity contribution in [3.63, 3.8) is 0 Å². The van der Waals surface area contributed by atoms with Crippen LogP contribution in [0.25, 0.3) is 0 Å². The summed E-state index contributed by atoms with van der Waals surface area (Å²) in [7, 11) is 0. The summed E-state index contributed by atoms with van der Waals surface area (Å²) >= 11 is 1.81. The number of thiazole rings is 1. The molecule has 0 amide bonds. The van der Waals surface area contributed by atoms with Gasteiger partial charge in [0.25, 0.3) is 0 Å². The van der Waals surface area contributed by atoms with Gasteiger partial charge in [-0.05, 0) is 19.1 Å². The van der Waals surface area contributed by atoms with Crippen LogP contribution in [0.4, 0.5) is 5.69 Å². The second-order valence-corrected chi connectivity index (χ2v) is 6.28. The van der Waals surface area contributed by atoms with Crippen LogP contribution in [-0.4, -0.2) is 36.1 Å². The van der Waals surface area contributed by atoms with Crippen molar-refractivity contribution in [1.82, 2.24) is 9.88 Å². The molecule has 0 bridgehead atoms. The number of anilines is 1. The standard InChI is InChI=1S/C15H19N3S/c1-13-11-16-15(19-13)12-17-7-9-18(10-8-17)14-5-3-2-4-6-14/h2-6,11H,7-10,12H2,1H3. The molecule has 1 aliphatic rings. The molecule has 0 N–H and O–H groups in total.